The fourth-order valence-electron chi connectivity index (χ4n) is 3.12. The number of amidine groups is 1. The number of nitrogens with one attached hydrogen (secondary N) is 1. The lowest BCUT2D eigenvalue weighted by Crippen LogP contribution is -2.31. The first-order chi connectivity index (χ1) is 16.7. The number of alkyl halides is 1. The van der Waals surface area contributed by atoms with Crippen LogP contribution in [0.3, 0.4) is 0 Å². The molecule has 0 saturated heterocycles. The lowest BCUT2D eigenvalue weighted by atomic mass is 10.1. The number of carbonyl (C=O) groups is 1. The maximum atomic E-state index is 14.3. The minimum Gasteiger partial charge on any atom is -0.382 e. The van der Waals surface area contributed by atoms with Crippen molar-refractivity contribution in [3.8, 4) is 0 Å². The predicted molar refractivity (Wildman–Crippen MR) is 153 cm³/mol. The van der Waals surface area contributed by atoms with Crippen molar-refractivity contribution in [1.29, 1.82) is 0 Å². The molecule has 2 heterocycles. The van der Waals surface area contributed by atoms with E-state index < -0.39 is 5.83 Å². The molecule has 2 rings (SSSR count). The number of thiazole rings is 1. The van der Waals surface area contributed by atoms with Crippen LogP contribution in [0, 0.1) is 6.92 Å². The average molecular weight is 614 g/mol. The molecule has 190 valence electrons. The van der Waals surface area contributed by atoms with Crippen molar-refractivity contribution >= 4 is 62.2 Å². The van der Waals surface area contributed by atoms with E-state index in [1.54, 1.807) is 25.1 Å². The molecule has 0 bridgehead atoms. The zero-order chi connectivity index (χ0) is 26.0. The number of pyridine rings is 1. The van der Waals surface area contributed by atoms with Gasteiger partial charge in [0.2, 0.25) is 5.91 Å². The van der Waals surface area contributed by atoms with Gasteiger partial charge in [-0.1, -0.05) is 40.5 Å². The number of aromatic nitrogens is 2. The van der Waals surface area contributed by atoms with E-state index in [-0.39, 0.29) is 11.6 Å². The highest BCUT2D eigenvalue weighted by Gasteiger charge is 2.18. The topological polar surface area (TPSA) is 86.1 Å². The average Bonchev–Trinajstić information content (AvgIpc) is 3.21. The van der Waals surface area contributed by atoms with Crippen molar-refractivity contribution in [3.05, 3.63) is 47.0 Å². The van der Waals surface area contributed by atoms with Crippen molar-refractivity contribution in [2.24, 2.45) is 9.98 Å². The van der Waals surface area contributed by atoms with Crippen molar-refractivity contribution in [2.75, 3.05) is 49.0 Å². The first kappa shape index (κ1) is 28.8. The van der Waals surface area contributed by atoms with Crippen molar-refractivity contribution in [3.63, 3.8) is 0 Å². The van der Waals surface area contributed by atoms with Crippen LogP contribution in [-0.4, -0.2) is 71.1 Å². The van der Waals surface area contributed by atoms with Gasteiger partial charge in [-0.15, -0.1) is 0 Å². The molecule has 0 aliphatic heterocycles. The quantitative estimate of drug-likeness (QED) is 0.121. The minimum atomic E-state index is -0.599. The molecule has 1 amide bonds. The van der Waals surface area contributed by atoms with E-state index in [2.05, 4.69) is 54.4 Å². The highest BCUT2D eigenvalue weighted by Crippen LogP contribution is 2.27. The predicted octanol–water partition coefficient (Wildman–Crippen LogP) is 4.89. The second-order valence-corrected chi connectivity index (χ2v) is 9.69. The molecular formula is C24H33FIN7OS. The number of hydrogen-bond acceptors (Lipinski definition) is 7. The molecule has 2 aromatic rings. The van der Waals surface area contributed by atoms with E-state index in [9.17, 15) is 9.18 Å². The molecule has 0 aliphatic rings. The summed E-state index contributed by atoms with van der Waals surface area (Å²) in [6.45, 7) is 8.19. The molecule has 8 nitrogen and oxygen atoms in total. The summed E-state index contributed by atoms with van der Waals surface area (Å²) in [5.41, 5.74) is 2.77. The first-order valence-electron chi connectivity index (χ1n) is 11.2. The number of rotatable bonds is 12. The van der Waals surface area contributed by atoms with E-state index in [0.717, 1.165) is 29.4 Å². The standard InChI is InChI=1S/C24H33FIN7OS/c1-16(25)22(23-17(2)30-24(35-23)32(5)6)31-21(27-4)9-7-8-19-10-11-20(14-29-19)28-12-13-33(15-26)18(3)34/h10-11,14,28H,1,7-9,12-13,15H2,2-6H3. The molecule has 2 aromatic heterocycles. The lowest BCUT2D eigenvalue weighted by molar-refractivity contribution is -0.127. The summed E-state index contributed by atoms with van der Waals surface area (Å²) < 4.78 is 15.0. The summed E-state index contributed by atoms with van der Waals surface area (Å²) >= 11 is 3.56. The molecule has 35 heavy (non-hydrogen) atoms. The van der Waals surface area contributed by atoms with Gasteiger partial charge in [-0.25, -0.2) is 14.4 Å². The Morgan fingerprint density at radius 1 is 1.34 bits per heavy atom. The monoisotopic (exact) mass is 613 g/mol. The molecule has 0 spiro atoms. The Bertz CT molecular complexity index is 1070. The largest absolute Gasteiger partial charge is 0.382 e. The molecule has 0 aliphatic carbocycles. The van der Waals surface area contributed by atoms with E-state index >= 15 is 0 Å². The summed E-state index contributed by atoms with van der Waals surface area (Å²) in [6.07, 6.45) is 3.91. The van der Waals surface area contributed by atoms with E-state index in [1.807, 2.05) is 38.1 Å². The Kier molecular flexibility index (Phi) is 11.7. The Balaban J connectivity index is 1.94. The Hall–Kier alpha value is -2.41. The van der Waals surface area contributed by atoms with Crippen LogP contribution in [0.4, 0.5) is 15.2 Å². The molecule has 0 aromatic carbocycles. The summed E-state index contributed by atoms with van der Waals surface area (Å²) in [6, 6.07) is 3.96. The van der Waals surface area contributed by atoms with Gasteiger partial charge in [0.25, 0.3) is 0 Å². The van der Waals surface area contributed by atoms with E-state index in [0.29, 0.717) is 40.5 Å². The van der Waals surface area contributed by atoms with Crippen LogP contribution < -0.4 is 10.2 Å². The van der Waals surface area contributed by atoms with Gasteiger partial charge in [-0.3, -0.25) is 14.8 Å². The van der Waals surface area contributed by atoms with E-state index in [1.165, 1.54) is 11.3 Å². The number of hydrogen-bond donors (Lipinski definition) is 1. The van der Waals surface area contributed by atoms with Crippen LogP contribution in [0.15, 0.2) is 40.7 Å². The molecule has 0 atom stereocenters. The van der Waals surface area contributed by atoms with Gasteiger partial charge in [0.15, 0.2) is 5.13 Å². The number of halogens is 2. The normalized spacial score (nSPS) is 12.0. The summed E-state index contributed by atoms with van der Waals surface area (Å²) in [5.74, 6) is 0.0249. The molecule has 0 radical (unpaired) electrons. The van der Waals surface area contributed by atoms with Crippen LogP contribution in [0.25, 0.3) is 0 Å². The number of aliphatic imine (C=N–C) groups is 2. The van der Waals surface area contributed by atoms with Crippen LogP contribution >= 0.6 is 33.9 Å². The smallest absolute Gasteiger partial charge is 0.220 e. The number of nitrogens with zero attached hydrogens (tertiary/aromatic N) is 6. The lowest BCUT2D eigenvalue weighted by Gasteiger charge is -2.18. The Morgan fingerprint density at radius 2 is 2.09 bits per heavy atom. The van der Waals surface area contributed by atoms with Crippen molar-refractivity contribution < 1.29 is 9.18 Å². The third-order valence-electron chi connectivity index (χ3n) is 5.10. The van der Waals surface area contributed by atoms with Gasteiger partial charge in [0.1, 0.15) is 17.4 Å². The molecule has 1 N–H and O–H groups in total. The van der Waals surface area contributed by atoms with E-state index in [4.69, 9.17) is 0 Å². The highest BCUT2D eigenvalue weighted by atomic mass is 127. The highest BCUT2D eigenvalue weighted by molar-refractivity contribution is 14.1. The number of allylic oxidation sites excluding steroid dienone is 1. The number of aryl methyl sites for hydroxylation is 2. The van der Waals surface area contributed by atoms with Gasteiger partial charge in [0.05, 0.1) is 27.0 Å². The van der Waals surface area contributed by atoms with Gasteiger partial charge in [0, 0.05) is 53.3 Å². The minimum absolute atomic E-state index is 0.0671. The summed E-state index contributed by atoms with van der Waals surface area (Å²) in [4.78, 5) is 33.5. The maximum Gasteiger partial charge on any atom is 0.220 e. The van der Waals surface area contributed by atoms with Crippen LogP contribution in [-0.2, 0) is 11.2 Å². The Morgan fingerprint density at radius 3 is 2.60 bits per heavy atom. The van der Waals surface area contributed by atoms with Gasteiger partial charge in [-0.2, -0.15) is 0 Å². The van der Waals surface area contributed by atoms with Crippen LogP contribution in [0.5, 0.6) is 0 Å². The molecule has 0 fully saturated rings. The molecule has 11 heteroatoms. The van der Waals surface area contributed by atoms with Crippen molar-refractivity contribution in [2.45, 2.75) is 33.1 Å². The number of anilines is 2. The van der Waals surface area contributed by atoms with Gasteiger partial charge in [-0.05, 0) is 31.9 Å². The zero-order valence-electron chi connectivity index (χ0n) is 20.9. The molecule has 0 saturated carbocycles. The van der Waals surface area contributed by atoms with Crippen LogP contribution in [0.1, 0.15) is 36.0 Å². The van der Waals surface area contributed by atoms with Gasteiger partial charge < -0.3 is 15.1 Å². The Labute approximate surface area is 224 Å². The summed E-state index contributed by atoms with van der Waals surface area (Å²) in [5, 5.41) is 4.07. The van der Waals surface area contributed by atoms with Gasteiger partial charge >= 0.3 is 0 Å². The number of amides is 1. The third kappa shape index (κ3) is 8.95. The number of carbonyl (C=O) groups excluding carboxylic acids is 1. The first-order valence-corrected chi connectivity index (χ1v) is 13.5. The summed E-state index contributed by atoms with van der Waals surface area (Å²) in [7, 11) is 5.45. The van der Waals surface area contributed by atoms with Crippen molar-refractivity contribution in [1.82, 2.24) is 14.9 Å². The molecular weight excluding hydrogens is 580 g/mol. The zero-order valence-corrected chi connectivity index (χ0v) is 23.9. The van der Waals surface area contributed by atoms with Crippen LogP contribution in [0.2, 0.25) is 0 Å². The SMILES string of the molecule is C=C(F)C(=NC(CCCc1ccc(NCCN(CI)C(C)=O)cn1)=NC)c1sc(N(C)C)nc1C. The fraction of sp³-hybridized carbons (Fsp3) is 0.458. The second kappa shape index (κ2) is 14.2. The maximum absolute atomic E-state index is 14.3. The second-order valence-electron chi connectivity index (χ2n) is 8.03. The third-order valence-corrected chi connectivity index (χ3v) is 7.25. The fourth-order valence-corrected chi connectivity index (χ4v) is 4.93. The molecule has 0 unspecified atom stereocenters.